The number of nitrogens with zero attached hydrogens (tertiary/aromatic N) is 2. The summed E-state index contributed by atoms with van der Waals surface area (Å²) >= 11 is 0. The summed E-state index contributed by atoms with van der Waals surface area (Å²) in [5.74, 6) is 0. The molecule has 0 saturated heterocycles. The Balaban J connectivity index is 2.98. The van der Waals surface area contributed by atoms with E-state index in [1.807, 2.05) is 0 Å². The molecule has 0 fully saturated rings. The average molecular weight is 172 g/mol. The molecule has 1 aromatic heterocycles. The second-order valence-electron chi connectivity index (χ2n) is 2.22. The first-order chi connectivity index (χ1) is 5.66. The molecule has 1 rings (SSSR count). The molecule has 0 aliphatic rings. The van der Waals surface area contributed by atoms with Crippen LogP contribution in [0.1, 0.15) is 11.7 Å². The SMILES string of the molecule is NC(CO)c1[nH]ncc1[N+](=O)[O-]. The molecule has 0 aliphatic heterocycles. The molecule has 4 N–H and O–H groups in total. The monoisotopic (exact) mass is 172 g/mol. The van der Waals surface area contributed by atoms with Gasteiger partial charge in [-0.2, -0.15) is 5.10 Å². The molecular formula is C5H8N4O3. The number of nitrogens with one attached hydrogen (secondary N) is 1. The van der Waals surface area contributed by atoms with E-state index in [0.29, 0.717) is 0 Å². The van der Waals surface area contributed by atoms with Crippen LogP contribution in [0.15, 0.2) is 6.20 Å². The van der Waals surface area contributed by atoms with Crippen molar-refractivity contribution in [1.29, 1.82) is 0 Å². The van der Waals surface area contributed by atoms with Gasteiger partial charge in [0.05, 0.1) is 17.6 Å². The van der Waals surface area contributed by atoms with Gasteiger partial charge in [-0.15, -0.1) is 0 Å². The van der Waals surface area contributed by atoms with Gasteiger partial charge in [0.1, 0.15) is 11.9 Å². The Morgan fingerprint density at radius 3 is 3.08 bits per heavy atom. The molecule has 0 aliphatic carbocycles. The first kappa shape index (κ1) is 8.62. The number of aliphatic hydroxyl groups excluding tert-OH is 1. The third-order valence-electron chi connectivity index (χ3n) is 1.41. The van der Waals surface area contributed by atoms with E-state index in [9.17, 15) is 10.1 Å². The van der Waals surface area contributed by atoms with Crippen molar-refractivity contribution in [3.63, 3.8) is 0 Å². The van der Waals surface area contributed by atoms with Crippen LogP contribution in [-0.4, -0.2) is 26.8 Å². The number of aromatic nitrogens is 2. The molecule has 1 heterocycles. The predicted octanol–water partition coefficient (Wildman–Crippen LogP) is -0.690. The number of H-pyrrole nitrogens is 1. The molecule has 0 aromatic carbocycles. The molecule has 0 saturated carbocycles. The average Bonchev–Trinajstić information content (AvgIpc) is 2.50. The highest BCUT2D eigenvalue weighted by Gasteiger charge is 2.20. The fourth-order valence-corrected chi connectivity index (χ4v) is 0.799. The van der Waals surface area contributed by atoms with Crippen molar-refractivity contribution in [2.75, 3.05) is 6.61 Å². The lowest BCUT2D eigenvalue weighted by Gasteiger charge is -2.02. The first-order valence-corrected chi connectivity index (χ1v) is 3.21. The van der Waals surface area contributed by atoms with E-state index in [-0.39, 0.29) is 18.0 Å². The normalized spacial score (nSPS) is 12.8. The summed E-state index contributed by atoms with van der Waals surface area (Å²) in [6, 6.07) is -0.784. The maximum absolute atomic E-state index is 10.3. The van der Waals surface area contributed by atoms with Gasteiger partial charge in [0.2, 0.25) is 0 Å². The van der Waals surface area contributed by atoms with Crippen LogP contribution in [0.5, 0.6) is 0 Å². The number of hydrogen-bond donors (Lipinski definition) is 3. The minimum atomic E-state index is -0.784. The zero-order valence-corrected chi connectivity index (χ0v) is 6.10. The fourth-order valence-electron chi connectivity index (χ4n) is 0.799. The van der Waals surface area contributed by atoms with Crippen LogP contribution in [0.2, 0.25) is 0 Å². The van der Waals surface area contributed by atoms with Crippen LogP contribution in [0.4, 0.5) is 5.69 Å². The van der Waals surface area contributed by atoms with Crippen molar-refractivity contribution < 1.29 is 10.0 Å². The van der Waals surface area contributed by atoms with Crippen molar-refractivity contribution in [2.45, 2.75) is 6.04 Å². The Hall–Kier alpha value is -1.47. The van der Waals surface area contributed by atoms with Crippen molar-refractivity contribution in [3.05, 3.63) is 22.0 Å². The third-order valence-corrected chi connectivity index (χ3v) is 1.41. The molecule has 7 heteroatoms. The lowest BCUT2D eigenvalue weighted by molar-refractivity contribution is -0.385. The molecule has 66 valence electrons. The molecule has 1 unspecified atom stereocenters. The largest absolute Gasteiger partial charge is 0.394 e. The van der Waals surface area contributed by atoms with Gasteiger partial charge < -0.3 is 10.8 Å². The topological polar surface area (TPSA) is 118 Å². The number of nitro groups is 1. The van der Waals surface area contributed by atoms with Crippen LogP contribution in [-0.2, 0) is 0 Å². The van der Waals surface area contributed by atoms with Gasteiger partial charge in [-0.25, -0.2) is 0 Å². The maximum atomic E-state index is 10.3. The van der Waals surface area contributed by atoms with Crippen molar-refractivity contribution in [3.8, 4) is 0 Å². The summed E-state index contributed by atoms with van der Waals surface area (Å²) in [5, 5.41) is 24.7. The van der Waals surface area contributed by atoms with Crippen LogP contribution >= 0.6 is 0 Å². The summed E-state index contributed by atoms with van der Waals surface area (Å²) in [7, 11) is 0. The minimum absolute atomic E-state index is 0.141. The van der Waals surface area contributed by atoms with Gasteiger partial charge >= 0.3 is 5.69 Å². The van der Waals surface area contributed by atoms with E-state index >= 15 is 0 Å². The Morgan fingerprint density at radius 1 is 1.92 bits per heavy atom. The summed E-state index contributed by atoms with van der Waals surface area (Å²) in [4.78, 5) is 9.71. The number of nitrogens with two attached hydrogens (primary N) is 1. The van der Waals surface area contributed by atoms with Crippen LogP contribution in [0.25, 0.3) is 0 Å². The summed E-state index contributed by atoms with van der Waals surface area (Å²) in [6.45, 7) is -0.358. The molecule has 12 heavy (non-hydrogen) atoms. The van der Waals surface area contributed by atoms with Gasteiger partial charge in [-0.3, -0.25) is 15.2 Å². The van der Waals surface area contributed by atoms with E-state index in [1.165, 1.54) is 0 Å². The first-order valence-electron chi connectivity index (χ1n) is 3.21. The van der Waals surface area contributed by atoms with Crippen LogP contribution in [0.3, 0.4) is 0 Å². The lowest BCUT2D eigenvalue weighted by atomic mass is 10.2. The maximum Gasteiger partial charge on any atom is 0.311 e. The quantitative estimate of drug-likeness (QED) is 0.412. The number of aromatic amines is 1. The molecular weight excluding hydrogens is 164 g/mol. The summed E-state index contributed by atoms with van der Waals surface area (Å²) in [6.07, 6.45) is 1.06. The van der Waals surface area contributed by atoms with Crippen LogP contribution < -0.4 is 5.73 Å². The highest BCUT2D eigenvalue weighted by Crippen LogP contribution is 2.19. The Bertz CT molecular complexity index is 284. The molecule has 7 nitrogen and oxygen atoms in total. The number of hydrogen-bond acceptors (Lipinski definition) is 5. The van der Waals surface area contributed by atoms with Gasteiger partial charge in [-0.05, 0) is 0 Å². The molecule has 0 spiro atoms. The van der Waals surface area contributed by atoms with E-state index in [0.717, 1.165) is 6.20 Å². The second-order valence-corrected chi connectivity index (χ2v) is 2.22. The highest BCUT2D eigenvalue weighted by molar-refractivity contribution is 5.34. The van der Waals surface area contributed by atoms with Gasteiger partial charge in [0, 0.05) is 0 Å². The van der Waals surface area contributed by atoms with E-state index < -0.39 is 11.0 Å². The minimum Gasteiger partial charge on any atom is -0.394 e. The molecule has 0 amide bonds. The van der Waals surface area contributed by atoms with Gasteiger partial charge in [-0.1, -0.05) is 0 Å². The highest BCUT2D eigenvalue weighted by atomic mass is 16.6. The Labute approximate surface area is 67.3 Å². The van der Waals surface area contributed by atoms with Gasteiger partial charge in [0.15, 0.2) is 0 Å². The smallest absolute Gasteiger partial charge is 0.311 e. The van der Waals surface area contributed by atoms with Crippen molar-refractivity contribution in [2.24, 2.45) is 5.73 Å². The van der Waals surface area contributed by atoms with E-state index in [4.69, 9.17) is 10.8 Å². The Kier molecular flexibility index (Phi) is 2.36. The number of rotatable bonds is 3. The lowest BCUT2D eigenvalue weighted by Crippen LogP contribution is -2.16. The van der Waals surface area contributed by atoms with E-state index in [2.05, 4.69) is 10.2 Å². The molecule has 1 atom stereocenters. The van der Waals surface area contributed by atoms with Crippen LogP contribution in [0, 0.1) is 10.1 Å². The molecule has 1 aromatic rings. The number of aliphatic hydroxyl groups is 1. The summed E-state index contributed by atoms with van der Waals surface area (Å²) in [5.41, 5.74) is 5.30. The van der Waals surface area contributed by atoms with E-state index in [1.54, 1.807) is 0 Å². The molecule has 0 bridgehead atoms. The predicted molar refractivity (Wildman–Crippen MR) is 39.3 cm³/mol. The standard InChI is InChI=1S/C5H8N4O3/c6-3(2-10)5-4(9(11)12)1-7-8-5/h1,3,10H,2,6H2,(H,7,8). The van der Waals surface area contributed by atoms with Crippen molar-refractivity contribution >= 4 is 5.69 Å². The Morgan fingerprint density at radius 2 is 2.58 bits per heavy atom. The fraction of sp³-hybridized carbons (Fsp3) is 0.400. The zero-order valence-electron chi connectivity index (χ0n) is 6.10. The van der Waals surface area contributed by atoms with Crippen molar-refractivity contribution in [1.82, 2.24) is 10.2 Å². The zero-order chi connectivity index (χ0) is 9.14. The summed E-state index contributed by atoms with van der Waals surface area (Å²) < 4.78 is 0. The third kappa shape index (κ3) is 1.41. The van der Waals surface area contributed by atoms with Gasteiger partial charge in [0.25, 0.3) is 0 Å². The second kappa shape index (κ2) is 3.28. The molecule has 0 radical (unpaired) electrons.